The molecule has 0 bridgehead atoms. The fraction of sp³-hybridized carbons (Fsp3) is 0.0769. The minimum atomic E-state index is -0.380. The zero-order valence-electron chi connectivity index (χ0n) is 10.1. The standard InChI is InChI=1S/C13H9BrClFN4/c14-11-7-20-8(4-18-12(20)6-17-11)5-19-13-9(15)2-1-3-10(13)16/h1-4,6-7,19H,5H2. The van der Waals surface area contributed by atoms with Gasteiger partial charge in [-0.05, 0) is 28.1 Å². The average Bonchev–Trinajstić information content (AvgIpc) is 2.81. The van der Waals surface area contributed by atoms with Crippen LogP contribution in [0.5, 0.6) is 0 Å². The van der Waals surface area contributed by atoms with Crippen LogP contribution >= 0.6 is 27.5 Å². The highest BCUT2D eigenvalue weighted by atomic mass is 79.9. The Kier molecular flexibility index (Phi) is 3.58. The second-order valence-corrected chi connectivity index (χ2v) is 5.36. The van der Waals surface area contributed by atoms with Crippen LogP contribution in [0.4, 0.5) is 10.1 Å². The van der Waals surface area contributed by atoms with E-state index in [1.54, 1.807) is 24.5 Å². The van der Waals surface area contributed by atoms with Crippen LogP contribution in [0, 0.1) is 5.82 Å². The molecule has 7 heteroatoms. The summed E-state index contributed by atoms with van der Waals surface area (Å²) in [5.41, 5.74) is 1.89. The molecule has 0 saturated heterocycles. The van der Waals surface area contributed by atoms with Gasteiger partial charge < -0.3 is 5.32 Å². The van der Waals surface area contributed by atoms with Crippen molar-refractivity contribution in [1.29, 1.82) is 0 Å². The molecule has 2 heterocycles. The summed E-state index contributed by atoms with van der Waals surface area (Å²) < 4.78 is 16.2. The lowest BCUT2D eigenvalue weighted by molar-refractivity contribution is 0.630. The van der Waals surface area contributed by atoms with Crippen molar-refractivity contribution in [3.05, 3.63) is 57.9 Å². The maximum atomic E-state index is 13.7. The van der Waals surface area contributed by atoms with Gasteiger partial charge in [0, 0.05) is 6.20 Å². The summed E-state index contributed by atoms with van der Waals surface area (Å²) in [6.45, 7) is 0.401. The molecule has 0 spiro atoms. The van der Waals surface area contributed by atoms with Crippen molar-refractivity contribution in [3.8, 4) is 0 Å². The van der Waals surface area contributed by atoms with Crippen LogP contribution in [0.1, 0.15) is 5.69 Å². The topological polar surface area (TPSA) is 42.2 Å². The molecular weight excluding hydrogens is 347 g/mol. The molecule has 0 radical (unpaired) electrons. The van der Waals surface area contributed by atoms with Crippen LogP contribution in [-0.4, -0.2) is 14.4 Å². The molecule has 0 aliphatic rings. The first-order valence-corrected chi connectivity index (χ1v) is 6.97. The second-order valence-electron chi connectivity index (χ2n) is 4.14. The average molecular weight is 356 g/mol. The Balaban J connectivity index is 1.89. The molecule has 4 nitrogen and oxygen atoms in total. The summed E-state index contributed by atoms with van der Waals surface area (Å²) in [7, 11) is 0. The van der Waals surface area contributed by atoms with Gasteiger partial charge in [0.1, 0.15) is 10.4 Å². The first kappa shape index (κ1) is 13.3. The van der Waals surface area contributed by atoms with Gasteiger partial charge in [0.2, 0.25) is 0 Å². The van der Waals surface area contributed by atoms with Gasteiger partial charge >= 0.3 is 0 Å². The van der Waals surface area contributed by atoms with Crippen molar-refractivity contribution in [2.75, 3.05) is 5.32 Å². The van der Waals surface area contributed by atoms with Crippen LogP contribution in [0.2, 0.25) is 5.02 Å². The third kappa shape index (κ3) is 2.48. The number of nitrogens with one attached hydrogen (secondary N) is 1. The molecule has 102 valence electrons. The van der Waals surface area contributed by atoms with Crippen LogP contribution in [0.3, 0.4) is 0 Å². The first-order chi connectivity index (χ1) is 9.65. The van der Waals surface area contributed by atoms with E-state index in [0.29, 0.717) is 16.2 Å². The number of para-hydroxylation sites is 1. The third-order valence-corrected chi connectivity index (χ3v) is 3.57. The van der Waals surface area contributed by atoms with Gasteiger partial charge in [-0.2, -0.15) is 0 Å². The predicted molar refractivity (Wildman–Crippen MR) is 79.4 cm³/mol. The maximum absolute atomic E-state index is 13.7. The molecule has 0 atom stereocenters. The lowest BCUT2D eigenvalue weighted by Crippen LogP contribution is -2.05. The van der Waals surface area contributed by atoms with Crippen molar-refractivity contribution >= 4 is 38.9 Å². The molecule has 0 fully saturated rings. The van der Waals surface area contributed by atoms with Crippen molar-refractivity contribution in [2.45, 2.75) is 6.54 Å². The number of rotatable bonds is 3. The molecule has 0 unspecified atom stereocenters. The smallest absolute Gasteiger partial charge is 0.155 e. The highest BCUT2D eigenvalue weighted by Crippen LogP contribution is 2.25. The summed E-state index contributed by atoms with van der Waals surface area (Å²) >= 11 is 9.28. The molecule has 1 N–H and O–H groups in total. The largest absolute Gasteiger partial charge is 0.376 e. The van der Waals surface area contributed by atoms with E-state index < -0.39 is 0 Å². The molecule has 1 aromatic carbocycles. The number of hydrogen-bond acceptors (Lipinski definition) is 3. The van der Waals surface area contributed by atoms with E-state index in [4.69, 9.17) is 11.6 Å². The molecule has 3 aromatic rings. The van der Waals surface area contributed by atoms with E-state index >= 15 is 0 Å². The van der Waals surface area contributed by atoms with Crippen molar-refractivity contribution in [1.82, 2.24) is 14.4 Å². The number of benzene rings is 1. The van der Waals surface area contributed by atoms with Crippen LogP contribution in [0.15, 0.2) is 41.4 Å². The number of nitrogens with zero attached hydrogens (tertiary/aromatic N) is 3. The lowest BCUT2D eigenvalue weighted by Gasteiger charge is -2.09. The fourth-order valence-corrected chi connectivity index (χ4v) is 2.43. The molecule has 0 aliphatic carbocycles. The summed E-state index contributed by atoms with van der Waals surface area (Å²) in [5, 5.41) is 3.34. The molecular formula is C13H9BrClFN4. The van der Waals surface area contributed by atoms with Crippen molar-refractivity contribution in [2.24, 2.45) is 0 Å². The van der Waals surface area contributed by atoms with E-state index in [1.165, 1.54) is 6.07 Å². The zero-order chi connectivity index (χ0) is 14.1. The molecule has 0 aliphatic heterocycles. The number of aromatic nitrogens is 3. The quantitative estimate of drug-likeness (QED) is 0.775. The molecule has 2 aromatic heterocycles. The van der Waals surface area contributed by atoms with Gasteiger partial charge in [-0.3, -0.25) is 4.40 Å². The third-order valence-electron chi connectivity index (χ3n) is 2.85. The van der Waals surface area contributed by atoms with Gasteiger partial charge in [-0.15, -0.1) is 0 Å². The number of imidazole rings is 1. The van der Waals surface area contributed by atoms with E-state index in [1.807, 2.05) is 10.6 Å². The number of halogens is 3. The van der Waals surface area contributed by atoms with E-state index in [-0.39, 0.29) is 11.5 Å². The Bertz CT molecular complexity index is 754. The number of fused-ring (bicyclic) bond motifs is 1. The molecule has 20 heavy (non-hydrogen) atoms. The number of anilines is 1. The van der Waals surface area contributed by atoms with Crippen LogP contribution < -0.4 is 5.32 Å². The summed E-state index contributed by atoms with van der Waals surface area (Å²) in [6.07, 6.45) is 5.18. The van der Waals surface area contributed by atoms with E-state index in [2.05, 4.69) is 31.2 Å². The highest BCUT2D eigenvalue weighted by Gasteiger charge is 2.08. The summed E-state index contributed by atoms with van der Waals surface area (Å²) in [4.78, 5) is 8.33. The molecule has 3 rings (SSSR count). The summed E-state index contributed by atoms with van der Waals surface area (Å²) in [6, 6.07) is 4.57. The minimum Gasteiger partial charge on any atom is -0.376 e. The fourth-order valence-electron chi connectivity index (χ4n) is 1.89. The van der Waals surface area contributed by atoms with Crippen molar-refractivity contribution < 1.29 is 4.39 Å². The summed E-state index contributed by atoms with van der Waals surface area (Å²) in [5.74, 6) is -0.380. The zero-order valence-corrected chi connectivity index (χ0v) is 12.5. The monoisotopic (exact) mass is 354 g/mol. The van der Waals surface area contributed by atoms with Crippen LogP contribution in [-0.2, 0) is 6.54 Å². The van der Waals surface area contributed by atoms with E-state index in [9.17, 15) is 4.39 Å². The Hall–Kier alpha value is -1.66. The van der Waals surface area contributed by atoms with E-state index in [0.717, 1.165) is 11.3 Å². The molecule has 0 amide bonds. The first-order valence-electron chi connectivity index (χ1n) is 5.80. The molecule has 0 saturated carbocycles. The normalized spacial score (nSPS) is 10.9. The maximum Gasteiger partial charge on any atom is 0.155 e. The number of hydrogen-bond donors (Lipinski definition) is 1. The van der Waals surface area contributed by atoms with Gasteiger partial charge in [0.05, 0.1) is 35.3 Å². The van der Waals surface area contributed by atoms with Gasteiger partial charge in [0.25, 0.3) is 0 Å². The van der Waals surface area contributed by atoms with Gasteiger partial charge in [0.15, 0.2) is 5.65 Å². The Morgan fingerprint density at radius 2 is 2.15 bits per heavy atom. The Morgan fingerprint density at radius 3 is 2.95 bits per heavy atom. The van der Waals surface area contributed by atoms with Crippen molar-refractivity contribution in [3.63, 3.8) is 0 Å². The predicted octanol–water partition coefficient (Wildman–Crippen LogP) is 3.90. The highest BCUT2D eigenvalue weighted by molar-refractivity contribution is 9.10. The Morgan fingerprint density at radius 1 is 1.30 bits per heavy atom. The second kappa shape index (κ2) is 5.38. The Labute approximate surface area is 127 Å². The minimum absolute atomic E-state index is 0.289. The lowest BCUT2D eigenvalue weighted by atomic mass is 10.3. The van der Waals surface area contributed by atoms with Crippen LogP contribution in [0.25, 0.3) is 5.65 Å². The van der Waals surface area contributed by atoms with Gasteiger partial charge in [-0.1, -0.05) is 17.7 Å². The SMILES string of the molecule is Fc1cccc(Cl)c1NCc1cnc2cnc(Br)cn12. The van der Waals surface area contributed by atoms with Gasteiger partial charge in [-0.25, -0.2) is 14.4 Å².